The monoisotopic (exact) mass is 414 g/mol. The molecule has 0 fully saturated rings. The maximum Gasteiger partial charge on any atom is 0.308 e. The smallest absolute Gasteiger partial charge is 0.308 e. The first-order valence-electron chi connectivity index (χ1n) is 9.51. The van der Waals surface area contributed by atoms with Crippen LogP contribution in [0.4, 0.5) is 5.69 Å². The lowest BCUT2D eigenvalue weighted by Crippen LogP contribution is -2.32. The Morgan fingerprint density at radius 1 is 1.17 bits per heavy atom. The SMILES string of the molecule is CC(=O)Oc1ccc2c(c1)CC(C)(C)C(c1cccc(S(=O)(=O)NC(C)C)c1)=N2. The molecule has 1 heterocycles. The van der Waals surface area contributed by atoms with Crippen molar-refractivity contribution in [1.82, 2.24) is 4.72 Å². The number of carbonyl (C=O) groups is 1. The van der Waals surface area contributed by atoms with E-state index >= 15 is 0 Å². The number of esters is 1. The Morgan fingerprint density at radius 2 is 1.90 bits per heavy atom. The van der Waals surface area contributed by atoms with Crippen molar-refractivity contribution in [3.8, 4) is 5.75 Å². The fourth-order valence-corrected chi connectivity index (χ4v) is 4.81. The molecule has 0 aromatic heterocycles. The maximum absolute atomic E-state index is 12.6. The molecule has 0 aliphatic carbocycles. The number of benzene rings is 2. The van der Waals surface area contributed by atoms with Gasteiger partial charge in [-0.25, -0.2) is 13.1 Å². The minimum absolute atomic E-state index is 0.189. The van der Waals surface area contributed by atoms with Crippen LogP contribution in [0.25, 0.3) is 0 Å². The second kappa shape index (κ2) is 7.72. The van der Waals surface area contributed by atoms with Gasteiger partial charge in [-0.05, 0) is 61.7 Å². The number of fused-ring (bicyclic) bond motifs is 1. The van der Waals surface area contributed by atoms with Crippen LogP contribution in [0.2, 0.25) is 0 Å². The van der Waals surface area contributed by atoms with Gasteiger partial charge in [-0.15, -0.1) is 0 Å². The van der Waals surface area contributed by atoms with E-state index < -0.39 is 10.0 Å². The Hall–Kier alpha value is -2.51. The van der Waals surface area contributed by atoms with Crippen LogP contribution >= 0.6 is 0 Å². The summed E-state index contributed by atoms with van der Waals surface area (Å²) in [4.78, 5) is 16.3. The Morgan fingerprint density at radius 3 is 2.55 bits per heavy atom. The Labute approximate surface area is 172 Å². The van der Waals surface area contributed by atoms with Gasteiger partial charge in [0.15, 0.2) is 0 Å². The van der Waals surface area contributed by atoms with Crippen LogP contribution in [-0.4, -0.2) is 26.1 Å². The Balaban J connectivity index is 2.04. The second-order valence-electron chi connectivity index (χ2n) is 8.21. The van der Waals surface area contributed by atoms with Crippen molar-refractivity contribution in [1.29, 1.82) is 0 Å². The second-order valence-corrected chi connectivity index (χ2v) is 9.92. The first kappa shape index (κ1) is 21.2. The third-order valence-corrected chi connectivity index (χ3v) is 6.28. The van der Waals surface area contributed by atoms with Crippen LogP contribution in [0.15, 0.2) is 52.4 Å². The van der Waals surface area contributed by atoms with Gasteiger partial charge in [0.25, 0.3) is 0 Å². The van der Waals surface area contributed by atoms with E-state index in [-0.39, 0.29) is 22.3 Å². The minimum atomic E-state index is -3.59. The summed E-state index contributed by atoms with van der Waals surface area (Å²) in [5.74, 6) is 0.135. The molecule has 6 nitrogen and oxygen atoms in total. The van der Waals surface area contributed by atoms with Crippen LogP contribution < -0.4 is 9.46 Å². The molecule has 0 saturated carbocycles. The molecule has 0 unspecified atom stereocenters. The molecule has 29 heavy (non-hydrogen) atoms. The van der Waals surface area contributed by atoms with Crippen LogP contribution in [0, 0.1) is 5.41 Å². The fourth-order valence-electron chi connectivity index (χ4n) is 3.52. The lowest BCUT2D eigenvalue weighted by molar-refractivity contribution is -0.131. The van der Waals surface area contributed by atoms with Gasteiger partial charge in [0.05, 0.1) is 16.3 Å². The first-order chi connectivity index (χ1) is 13.5. The number of nitrogens with zero attached hydrogens (tertiary/aromatic N) is 1. The van der Waals surface area contributed by atoms with Crippen LogP contribution in [0.5, 0.6) is 5.75 Å². The summed E-state index contributed by atoms with van der Waals surface area (Å²) >= 11 is 0. The van der Waals surface area contributed by atoms with Crippen molar-refractivity contribution in [3.05, 3.63) is 53.6 Å². The van der Waals surface area contributed by atoms with Crippen molar-refractivity contribution >= 4 is 27.4 Å². The molecule has 3 rings (SSSR count). The van der Waals surface area contributed by atoms with Crippen molar-refractivity contribution in [2.75, 3.05) is 0 Å². The summed E-state index contributed by atoms with van der Waals surface area (Å²) in [7, 11) is -3.59. The highest BCUT2D eigenvalue weighted by Crippen LogP contribution is 2.39. The predicted molar refractivity (Wildman–Crippen MR) is 113 cm³/mol. The van der Waals surface area contributed by atoms with Gasteiger partial charge in [0.1, 0.15) is 5.75 Å². The minimum Gasteiger partial charge on any atom is -0.427 e. The van der Waals surface area contributed by atoms with E-state index in [0.717, 1.165) is 22.5 Å². The van der Waals surface area contributed by atoms with E-state index in [2.05, 4.69) is 18.6 Å². The van der Waals surface area contributed by atoms with Gasteiger partial charge >= 0.3 is 5.97 Å². The highest BCUT2D eigenvalue weighted by Gasteiger charge is 2.32. The molecule has 0 amide bonds. The summed E-state index contributed by atoms with van der Waals surface area (Å²) in [5, 5.41) is 0. The summed E-state index contributed by atoms with van der Waals surface area (Å²) in [6, 6.07) is 12.1. The van der Waals surface area contributed by atoms with Gasteiger partial charge in [0, 0.05) is 18.4 Å². The van der Waals surface area contributed by atoms with Crippen LogP contribution in [-0.2, 0) is 21.2 Å². The highest BCUT2D eigenvalue weighted by molar-refractivity contribution is 7.89. The van der Waals surface area contributed by atoms with E-state index in [1.807, 2.05) is 18.2 Å². The molecule has 0 atom stereocenters. The standard InChI is InChI=1S/C22H26N2O4S/c1-14(2)24-29(26,27)19-8-6-7-16(12-19)21-22(4,5)13-17-11-18(28-15(3)25)9-10-20(17)23-21/h6-12,14,24H,13H2,1-5H3. The average Bonchev–Trinajstić information content (AvgIpc) is 2.59. The molecule has 0 bridgehead atoms. The first-order valence-corrected chi connectivity index (χ1v) is 11.0. The third-order valence-electron chi connectivity index (χ3n) is 4.63. The molecule has 1 aliphatic heterocycles. The normalized spacial score (nSPS) is 15.6. The van der Waals surface area contributed by atoms with E-state index in [0.29, 0.717) is 12.2 Å². The molecule has 0 radical (unpaired) electrons. The van der Waals surface area contributed by atoms with E-state index in [4.69, 9.17) is 9.73 Å². The lowest BCUT2D eigenvalue weighted by atomic mass is 9.76. The molecule has 154 valence electrons. The number of hydrogen-bond acceptors (Lipinski definition) is 5. The highest BCUT2D eigenvalue weighted by atomic mass is 32.2. The fraction of sp³-hybridized carbons (Fsp3) is 0.364. The molecular weight excluding hydrogens is 388 g/mol. The summed E-state index contributed by atoms with van der Waals surface area (Å²) in [5.41, 5.74) is 3.06. The molecule has 1 N–H and O–H groups in total. The van der Waals surface area contributed by atoms with Gasteiger partial charge in [-0.2, -0.15) is 0 Å². The average molecular weight is 415 g/mol. The zero-order chi connectivity index (χ0) is 21.4. The Bertz CT molecular complexity index is 1090. The quantitative estimate of drug-likeness (QED) is 0.592. The van der Waals surface area contributed by atoms with E-state index in [1.165, 1.54) is 6.92 Å². The number of hydrogen-bond donors (Lipinski definition) is 1. The zero-order valence-corrected chi connectivity index (χ0v) is 18.1. The van der Waals surface area contributed by atoms with Crippen molar-refractivity contribution < 1.29 is 17.9 Å². The van der Waals surface area contributed by atoms with Crippen molar-refractivity contribution in [2.45, 2.75) is 52.0 Å². The summed E-state index contributed by atoms with van der Waals surface area (Å²) in [6.07, 6.45) is 0.692. The van der Waals surface area contributed by atoms with Gasteiger partial charge in [-0.3, -0.25) is 9.79 Å². The largest absolute Gasteiger partial charge is 0.427 e. The molecule has 2 aromatic carbocycles. The van der Waals surface area contributed by atoms with E-state index in [9.17, 15) is 13.2 Å². The topological polar surface area (TPSA) is 84.8 Å². The molecule has 7 heteroatoms. The molecular formula is C22H26N2O4S. The number of ether oxygens (including phenoxy) is 1. The predicted octanol–water partition coefficient (Wildman–Crippen LogP) is 4.00. The summed E-state index contributed by atoms with van der Waals surface area (Å²) in [6.45, 7) is 9.09. The van der Waals surface area contributed by atoms with Gasteiger partial charge in [-0.1, -0.05) is 26.0 Å². The van der Waals surface area contributed by atoms with Gasteiger partial charge in [0.2, 0.25) is 10.0 Å². The summed E-state index contributed by atoms with van der Waals surface area (Å²) < 4.78 is 32.9. The number of aliphatic imine (C=N–C) groups is 1. The zero-order valence-electron chi connectivity index (χ0n) is 17.3. The number of nitrogens with one attached hydrogen (secondary N) is 1. The molecule has 1 aliphatic rings. The number of sulfonamides is 1. The van der Waals surface area contributed by atoms with Crippen molar-refractivity contribution in [3.63, 3.8) is 0 Å². The van der Waals surface area contributed by atoms with Crippen LogP contribution in [0.3, 0.4) is 0 Å². The molecule has 2 aromatic rings. The van der Waals surface area contributed by atoms with Crippen molar-refractivity contribution in [2.24, 2.45) is 10.4 Å². The third kappa shape index (κ3) is 4.74. The van der Waals surface area contributed by atoms with Gasteiger partial charge < -0.3 is 4.74 Å². The lowest BCUT2D eigenvalue weighted by Gasteiger charge is -2.32. The Kier molecular flexibility index (Phi) is 5.65. The van der Waals surface area contributed by atoms with Crippen LogP contribution in [0.1, 0.15) is 45.7 Å². The molecule has 0 spiro atoms. The maximum atomic E-state index is 12.6. The molecule has 0 saturated heterocycles. The van der Waals surface area contributed by atoms with E-state index in [1.54, 1.807) is 38.1 Å². The number of rotatable bonds is 5. The number of carbonyl (C=O) groups excluding carboxylic acids is 1.